The molecule has 0 radical (unpaired) electrons. The van der Waals surface area contributed by atoms with E-state index in [9.17, 15) is 4.79 Å². The van der Waals surface area contributed by atoms with Gasteiger partial charge in [0, 0.05) is 37.6 Å². The molecule has 0 atom stereocenters. The largest absolute Gasteiger partial charge is 0.378 e. The van der Waals surface area contributed by atoms with Gasteiger partial charge in [-0.25, -0.2) is 4.98 Å². The Kier molecular flexibility index (Phi) is 4.53. The van der Waals surface area contributed by atoms with Crippen LogP contribution in [-0.2, 0) is 16.1 Å². The summed E-state index contributed by atoms with van der Waals surface area (Å²) in [7, 11) is 0. The van der Waals surface area contributed by atoms with Crippen LogP contribution in [0.15, 0.2) is 6.07 Å². The molecule has 0 aliphatic carbocycles. The predicted molar refractivity (Wildman–Crippen MR) is 93.7 cm³/mol. The molecule has 2 aliphatic rings. The zero-order valence-electron chi connectivity index (χ0n) is 13.1. The van der Waals surface area contributed by atoms with Crippen LogP contribution in [0.2, 0.25) is 5.28 Å². The van der Waals surface area contributed by atoms with E-state index in [0.717, 1.165) is 42.2 Å². The maximum atomic E-state index is 11.5. The normalized spacial score (nSPS) is 19.7. The number of hydrogen-bond acceptors (Lipinski definition) is 7. The van der Waals surface area contributed by atoms with E-state index in [0.29, 0.717) is 26.3 Å². The fourth-order valence-corrected chi connectivity index (χ4v) is 4.38. The minimum Gasteiger partial charge on any atom is -0.378 e. The third kappa shape index (κ3) is 3.32. The van der Waals surface area contributed by atoms with E-state index in [1.54, 1.807) is 11.3 Å². The molecule has 2 saturated heterocycles. The zero-order chi connectivity index (χ0) is 16.5. The van der Waals surface area contributed by atoms with Gasteiger partial charge < -0.3 is 15.0 Å². The second kappa shape index (κ2) is 6.79. The monoisotopic (exact) mass is 367 g/mol. The maximum absolute atomic E-state index is 11.5. The summed E-state index contributed by atoms with van der Waals surface area (Å²) in [5.41, 5.74) is 0.873. The Hall–Kier alpha value is -1.48. The molecule has 24 heavy (non-hydrogen) atoms. The van der Waals surface area contributed by atoms with Crippen LogP contribution in [0.3, 0.4) is 0 Å². The van der Waals surface area contributed by atoms with E-state index in [1.807, 2.05) is 0 Å². The number of halogens is 1. The number of piperazine rings is 1. The van der Waals surface area contributed by atoms with Crippen LogP contribution in [-0.4, -0.2) is 66.7 Å². The molecule has 1 N–H and O–H groups in total. The lowest BCUT2D eigenvalue weighted by atomic mass is 10.3. The summed E-state index contributed by atoms with van der Waals surface area (Å²) in [5.74, 6) is 0.972. The Balaban J connectivity index is 1.63. The number of thiophene rings is 1. The number of hydrogen-bond donors (Lipinski definition) is 1. The average Bonchev–Trinajstić information content (AvgIpc) is 2.97. The molecule has 9 heteroatoms. The lowest BCUT2D eigenvalue weighted by Crippen LogP contribution is -2.46. The molecular weight excluding hydrogens is 350 g/mol. The highest BCUT2D eigenvalue weighted by Gasteiger charge is 2.21. The third-order valence-corrected chi connectivity index (χ3v) is 5.46. The average molecular weight is 368 g/mol. The second-order valence-corrected chi connectivity index (χ2v) is 7.38. The molecule has 0 saturated carbocycles. The van der Waals surface area contributed by atoms with Crippen LogP contribution in [0.25, 0.3) is 10.2 Å². The summed E-state index contributed by atoms with van der Waals surface area (Å²) in [6.07, 6.45) is 0. The Morgan fingerprint density at radius 2 is 2.12 bits per heavy atom. The number of carbonyl (C=O) groups is 1. The fourth-order valence-electron chi connectivity index (χ4n) is 3.05. The first-order chi connectivity index (χ1) is 11.7. The number of amides is 1. The summed E-state index contributed by atoms with van der Waals surface area (Å²) in [6, 6.07) is 2.06. The van der Waals surface area contributed by atoms with Crippen LogP contribution in [0.1, 0.15) is 4.88 Å². The van der Waals surface area contributed by atoms with Crippen molar-refractivity contribution in [2.45, 2.75) is 6.54 Å². The van der Waals surface area contributed by atoms with Crippen LogP contribution < -0.4 is 10.2 Å². The number of nitrogens with zero attached hydrogens (tertiary/aromatic N) is 4. The quantitative estimate of drug-likeness (QED) is 0.820. The first-order valence-electron chi connectivity index (χ1n) is 7.97. The smallest absolute Gasteiger partial charge is 0.234 e. The van der Waals surface area contributed by atoms with Gasteiger partial charge in [0.2, 0.25) is 11.2 Å². The van der Waals surface area contributed by atoms with Gasteiger partial charge in [0.25, 0.3) is 0 Å². The topological polar surface area (TPSA) is 70.6 Å². The molecule has 2 aromatic heterocycles. The molecule has 2 aromatic rings. The van der Waals surface area contributed by atoms with Crippen molar-refractivity contribution >= 4 is 44.9 Å². The first kappa shape index (κ1) is 16.0. The van der Waals surface area contributed by atoms with E-state index < -0.39 is 0 Å². The number of fused-ring (bicyclic) bond motifs is 1. The van der Waals surface area contributed by atoms with Crippen molar-refractivity contribution in [3.8, 4) is 0 Å². The predicted octanol–water partition coefficient (Wildman–Crippen LogP) is 1.11. The van der Waals surface area contributed by atoms with Gasteiger partial charge in [0.05, 0.1) is 30.0 Å². The second-order valence-electron chi connectivity index (χ2n) is 5.90. The number of carbonyl (C=O) groups excluding carboxylic acids is 1. The molecular formula is C15H18ClN5O2S. The van der Waals surface area contributed by atoms with Crippen LogP contribution in [0.4, 0.5) is 5.82 Å². The van der Waals surface area contributed by atoms with Crippen molar-refractivity contribution in [2.24, 2.45) is 0 Å². The van der Waals surface area contributed by atoms with Gasteiger partial charge in [0.1, 0.15) is 0 Å². The van der Waals surface area contributed by atoms with Crippen LogP contribution in [0.5, 0.6) is 0 Å². The molecule has 4 rings (SSSR count). The third-order valence-electron chi connectivity index (χ3n) is 4.18. The SMILES string of the molecule is O=C1CN(Cc2cc3nc(Cl)nc(N4CCOCC4)c3s2)CCN1. The van der Waals surface area contributed by atoms with E-state index in [4.69, 9.17) is 16.3 Å². The van der Waals surface area contributed by atoms with Gasteiger partial charge in [-0.3, -0.25) is 9.69 Å². The molecule has 4 heterocycles. The molecule has 128 valence electrons. The lowest BCUT2D eigenvalue weighted by Gasteiger charge is -2.28. The molecule has 2 fully saturated rings. The van der Waals surface area contributed by atoms with Crippen LogP contribution >= 0.6 is 22.9 Å². The van der Waals surface area contributed by atoms with Crippen molar-refractivity contribution in [3.63, 3.8) is 0 Å². The molecule has 0 unspecified atom stereocenters. The molecule has 0 bridgehead atoms. The van der Waals surface area contributed by atoms with E-state index in [1.165, 1.54) is 4.88 Å². The number of morpholine rings is 1. The zero-order valence-corrected chi connectivity index (χ0v) is 14.7. The highest BCUT2D eigenvalue weighted by molar-refractivity contribution is 7.19. The molecule has 7 nitrogen and oxygen atoms in total. The number of rotatable bonds is 3. The van der Waals surface area contributed by atoms with E-state index in [-0.39, 0.29) is 11.2 Å². The number of nitrogens with one attached hydrogen (secondary N) is 1. The first-order valence-corrected chi connectivity index (χ1v) is 9.16. The minimum absolute atomic E-state index is 0.0826. The van der Waals surface area contributed by atoms with Gasteiger partial charge in [-0.05, 0) is 17.7 Å². The summed E-state index contributed by atoms with van der Waals surface area (Å²) in [6.45, 7) is 5.77. The Bertz CT molecular complexity index is 762. The number of aromatic nitrogens is 2. The van der Waals surface area contributed by atoms with Gasteiger partial charge in [-0.2, -0.15) is 4.98 Å². The number of anilines is 1. The van der Waals surface area contributed by atoms with Crippen molar-refractivity contribution in [3.05, 3.63) is 16.2 Å². The lowest BCUT2D eigenvalue weighted by molar-refractivity contribution is -0.124. The highest BCUT2D eigenvalue weighted by atomic mass is 35.5. The standard InChI is InChI=1S/C15H18ClN5O2S/c16-15-18-11-7-10(8-20-2-1-17-12(22)9-20)24-13(11)14(19-15)21-3-5-23-6-4-21/h7H,1-6,8-9H2,(H,17,22). The van der Waals surface area contributed by atoms with Gasteiger partial charge in [-0.1, -0.05) is 0 Å². The van der Waals surface area contributed by atoms with Crippen molar-refractivity contribution < 1.29 is 9.53 Å². The minimum atomic E-state index is 0.0826. The van der Waals surface area contributed by atoms with Crippen LogP contribution in [0, 0.1) is 0 Å². The molecule has 2 aliphatic heterocycles. The van der Waals surface area contributed by atoms with Gasteiger partial charge in [0.15, 0.2) is 5.82 Å². The van der Waals surface area contributed by atoms with E-state index in [2.05, 4.69) is 31.2 Å². The Morgan fingerprint density at radius 3 is 2.92 bits per heavy atom. The van der Waals surface area contributed by atoms with Crippen molar-refractivity contribution in [2.75, 3.05) is 50.8 Å². The summed E-state index contributed by atoms with van der Waals surface area (Å²) in [4.78, 5) is 25.9. The van der Waals surface area contributed by atoms with Crippen molar-refractivity contribution in [1.29, 1.82) is 0 Å². The maximum Gasteiger partial charge on any atom is 0.234 e. The van der Waals surface area contributed by atoms with Crippen molar-refractivity contribution in [1.82, 2.24) is 20.2 Å². The van der Waals surface area contributed by atoms with Gasteiger partial charge >= 0.3 is 0 Å². The summed E-state index contributed by atoms with van der Waals surface area (Å²) >= 11 is 7.81. The molecule has 0 aromatic carbocycles. The highest BCUT2D eigenvalue weighted by Crippen LogP contribution is 2.33. The summed E-state index contributed by atoms with van der Waals surface area (Å²) in [5, 5.41) is 3.12. The van der Waals surface area contributed by atoms with Gasteiger partial charge in [-0.15, -0.1) is 11.3 Å². The Morgan fingerprint density at radius 1 is 1.29 bits per heavy atom. The Labute approximate surface area is 148 Å². The molecule has 1 amide bonds. The fraction of sp³-hybridized carbons (Fsp3) is 0.533. The summed E-state index contributed by atoms with van der Waals surface area (Å²) < 4.78 is 6.47. The van der Waals surface area contributed by atoms with E-state index >= 15 is 0 Å². The molecule has 0 spiro atoms. The number of ether oxygens (including phenoxy) is 1.